The molecule has 0 fully saturated rings. The molecule has 0 N–H and O–H groups in total. The third-order valence-corrected chi connectivity index (χ3v) is 2.58. The largest absolute Gasteiger partial charge is 0.476 e. The predicted octanol–water partition coefficient (Wildman–Crippen LogP) is 3.11. The van der Waals surface area contributed by atoms with Crippen molar-refractivity contribution in [2.75, 3.05) is 6.61 Å². The van der Waals surface area contributed by atoms with Crippen LogP contribution in [0.4, 0.5) is 0 Å². The first kappa shape index (κ1) is 11.4. The van der Waals surface area contributed by atoms with Crippen LogP contribution in [0.2, 0.25) is 0 Å². The van der Waals surface area contributed by atoms with Crippen LogP contribution in [0.1, 0.15) is 25.5 Å². The summed E-state index contributed by atoms with van der Waals surface area (Å²) in [5, 5.41) is 0. The molecule has 0 saturated carbocycles. The second-order valence-corrected chi connectivity index (χ2v) is 4.61. The van der Waals surface area contributed by atoms with Crippen LogP contribution in [0.25, 0.3) is 0 Å². The van der Waals surface area contributed by atoms with Gasteiger partial charge in [0.1, 0.15) is 6.61 Å². The quantitative estimate of drug-likeness (QED) is 0.812. The maximum atomic E-state index is 5.52. The second-order valence-electron chi connectivity index (χ2n) is 4.43. The van der Waals surface area contributed by atoms with Crippen molar-refractivity contribution in [3.8, 4) is 0 Å². The second kappa shape index (κ2) is 4.44. The van der Waals surface area contributed by atoms with Gasteiger partial charge in [0.15, 0.2) is 6.10 Å². The molecule has 0 saturated heterocycles. The van der Waals surface area contributed by atoms with Crippen molar-refractivity contribution in [2.24, 2.45) is 4.99 Å². The van der Waals surface area contributed by atoms with Crippen LogP contribution in [0.3, 0.4) is 0 Å². The highest BCUT2D eigenvalue weighted by Crippen LogP contribution is 2.28. The molecule has 0 amide bonds. The Morgan fingerprint density at radius 3 is 2.56 bits per heavy atom. The number of benzene rings is 1. The Bertz CT molecular complexity index is 389. The van der Waals surface area contributed by atoms with E-state index in [4.69, 9.17) is 20.9 Å². The Hall–Kier alpha value is -1.06. The van der Waals surface area contributed by atoms with Crippen molar-refractivity contribution in [2.45, 2.75) is 25.5 Å². The highest BCUT2D eigenvalue weighted by atomic mass is 35.5. The van der Waals surface area contributed by atoms with Gasteiger partial charge in [0.05, 0.1) is 17.4 Å². The van der Waals surface area contributed by atoms with Gasteiger partial charge < -0.3 is 4.74 Å². The Morgan fingerprint density at radius 2 is 2.06 bits per heavy atom. The summed E-state index contributed by atoms with van der Waals surface area (Å²) in [5.74, 6) is 0.547. The van der Waals surface area contributed by atoms with Gasteiger partial charge in [0.2, 0.25) is 5.90 Å². The Labute approximate surface area is 100 Å². The van der Waals surface area contributed by atoms with E-state index in [1.54, 1.807) is 0 Å². The first-order valence-electron chi connectivity index (χ1n) is 5.17. The number of rotatable bonds is 3. The number of nitrogens with zero attached hydrogens (tertiary/aromatic N) is 1. The molecule has 1 aliphatic rings. The van der Waals surface area contributed by atoms with Gasteiger partial charge in [-0.25, -0.2) is 4.99 Å². The molecule has 0 radical (unpaired) electrons. The molecule has 1 atom stereocenters. The lowest BCUT2D eigenvalue weighted by Crippen LogP contribution is -2.17. The van der Waals surface area contributed by atoms with Crippen molar-refractivity contribution >= 4 is 17.8 Å². The molecule has 16 heavy (non-hydrogen) atoms. The number of aliphatic imine (C=N–C) groups is 1. The van der Waals surface area contributed by atoms with E-state index < -0.39 is 6.10 Å². The summed E-state index contributed by atoms with van der Waals surface area (Å²) in [4.78, 5) is 4.45. The zero-order valence-electron chi connectivity index (χ0n) is 9.31. The van der Waals surface area contributed by atoms with Crippen molar-refractivity contribution in [1.29, 1.82) is 0 Å². The molecule has 86 valence electrons. The molecule has 2 rings (SSSR count). The van der Waals surface area contributed by atoms with E-state index in [1.165, 1.54) is 0 Å². The van der Waals surface area contributed by atoms with Crippen LogP contribution in [-0.4, -0.2) is 18.0 Å². The van der Waals surface area contributed by atoms with Gasteiger partial charge in [-0.15, -0.1) is 0 Å². The minimum absolute atomic E-state index is 0.197. The molecule has 3 nitrogen and oxygen atoms in total. The van der Waals surface area contributed by atoms with E-state index in [2.05, 4.69) is 4.99 Å². The van der Waals surface area contributed by atoms with Crippen LogP contribution in [0.15, 0.2) is 35.3 Å². The number of ether oxygens (including phenoxy) is 1. The fourth-order valence-corrected chi connectivity index (χ4v) is 1.79. The van der Waals surface area contributed by atoms with Crippen LogP contribution in [0.5, 0.6) is 0 Å². The summed E-state index contributed by atoms with van der Waals surface area (Å²) in [6.07, 6.45) is -0.426. The van der Waals surface area contributed by atoms with Crippen LogP contribution < -0.4 is 0 Å². The molecule has 0 aromatic heterocycles. The highest BCUT2D eigenvalue weighted by Gasteiger charge is 2.32. The number of hydrogen-bond acceptors (Lipinski definition) is 3. The molecular weight excluding hydrogens is 226 g/mol. The van der Waals surface area contributed by atoms with Gasteiger partial charge in [0, 0.05) is 0 Å². The van der Waals surface area contributed by atoms with Crippen molar-refractivity contribution in [3.63, 3.8) is 0 Å². The molecular formula is C12H14ClNO2. The van der Waals surface area contributed by atoms with E-state index in [-0.39, 0.29) is 5.54 Å². The molecule has 1 heterocycles. The molecule has 1 aromatic carbocycles. The van der Waals surface area contributed by atoms with E-state index in [0.29, 0.717) is 12.5 Å². The van der Waals surface area contributed by atoms with Crippen LogP contribution >= 0.6 is 11.9 Å². The first-order valence-corrected chi connectivity index (χ1v) is 5.48. The zero-order valence-corrected chi connectivity index (χ0v) is 10.1. The van der Waals surface area contributed by atoms with Gasteiger partial charge in [-0.05, 0) is 19.4 Å². The van der Waals surface area contributed by atoms with Gasteiger partial charge in [0.25, 0.3) is 0 Å². The molecule has 0 aliphatic carbocycles. The Balaban J connectivity index is 2.25. The maximum Gasteiger partial charge on any atom is 0.220 e. The SMILES string of the molecule is CC1(C)COC(C(OCl)c2ccccc2)=N1. The lowest BCUT2D eigenvalue weighted by Gasteiger charge is -2.12. The van der Waals surface area contributed by atoms with E-state index in [1.807, 2.05) is 44.2 Å². The zero-order chi connectivity index (χ0) is 11.6. The minimum atomic E-state index is -0.426. The monoisotopic (exact) mass is 239 g/mol. The van der Waals surface area contributed by atoms with Crippen molar-refractivity contribution < 1.29 is 9.03 Å². The van der Waals surface area contributed by atoms with E-state index in [0.717, 1.165) is 5.56 Å². The average molecular weight is 240 g/mol. The molecule has 1 aliphatic heterocycles. The predicted molar refractivity (Wildman–Crippen MR) is 63.6 cm³/mol. The fourth-order valence-electron chi connectivity index (χ4n) is 1.61. The summed E-state index contributed by atoms with van der Waals surface area (Å²) >= 11 is 5.51. The topological polar surface area (TPSA) is 30.8 Å². The Morgan fingerprint density at radius 1 is 1.38 bits per heavy atom. The van der Waals surface area contributed by atoms with E-state index in [9.17, 15) is 0 Å². The molecule has 1 aromatic rings. The van der Waals surface area contributed by atoms with Gasteiger partial charge in [-0.1, -0.05) is 30.3 Å². The normalized spacial score (nSPS) is 20.1. The third kappa shape index (κ3) is 2.36. The third-order valence-electron chi connectivity index (χ3n) is 2.40. The summed E-state index contributed by atoms with van der Waals surface area (Å²) < 4.78 is 10.4. The molecule has 4 heteroatoms. The highest BCUT2D eigenvalue weighted by molar-refractivity contribution is 6.08. The minimum Gasteiger partial charge on any atom is -0.476 e. The first-order chi connectivity index (χ1) is 7.62. The standard InChI is InChI=1S/C12H14ClNO2/c1-12(2)8-15-11(14-12)10(16-13)9-6-4-3-5-7-9/h3-7,10H,8H2,1-2H3. The summed E-state index contributed by atoms with van der Waals surface area (Å²) in [5.41, 5.74) is 0.742. The van der Waals surface area contributed by atoms with E-state index >= 15 is 0 Å². The lowest BCUT2D eigenvalue weighted by atomic mass is 10.1. The van der Waals surface area contributed by atoms with Gasteiger partial charge >= 0.3 is 0 Å². The van der Waals surface area contributed by atoms with Gasteiger partial charge in [-0.2, -0.15) is 0 Å². The number of halogens is 1. The molecule has 1 unspecified atom stereocenters. The smallest absolute Gasteiger partial charge is 0.220 e. The molecule has 0 spiro atoms. The van der Waals surface area contributed by atoms with Crippen molar-refractivity contribution in [3.05, 3.63) is 35.9 Å². The summed E-state index contributed by atoms with van der Waals surface area (Å²) in [6, 6.07) is 9.67. The van der Waals surface area contributed by atoms with Crippen molar-refractivity contribution in [1.82, 2.24) is 0 Å². The van der Waals surface area contributed by atoms with Crippen LogP contribution in [-0.2, 0) is 9.03 Å². The summed E-state index contributed by atoms with van der Waals surface area (Å²) in [6.45, 7) is 4.58. The van der Waals surface area contributed by atoms with Gasteiger partial charge in [-0.3, -0.25) is 4.29 Å². The lowest BCUT2D eigenvalue weighted by molar-refractivity contribution is 0.222. The summed E-state index contributed by atoms with van der Waals surface area (Å²) in [7, 11) is 0. The van der Waals surface area contributed by atoms with Crippen LogP contribution in [0, 0.1) is 0 Å². The average Bonchev–Trinajstić information content (AvgIpc) is 2.62. The fraction of sp³-hybridized carbons (Fsp3) is 0.417. The number of hydrogen-bond donors (Lipinski definition) is 0. The maximum absolute atomic E-state index is 5.52. The Kier molecular flexibility index (Phi) is 3.17. The molecule has 0 bridgehead atoms.